The lowest BCUT2D eigenvalue weighted by molar-refractivity contribution is -0.113. The third kappa shape index (κ3) is 4.38. The number of anilines is 1. The van der Waals surface area contributed by atoms with E-state index in [1.165, 1.54) is 18.1 Å². The molecule has 146 valence electrons. The van der Waals surface area contributed by atoms with E-state index in [2.05, 4.69) is 20.4 Å². The van der Waals surface area contributed by atoms with Crippen LogP contribution >= 0.6 is 11.8 Å². The number of para-hydroxylation sites is 2. The van der Waals surface area contributed by atoms with Crippen LogP contribution in [0.25, 0.3) is 11.0 Å². The molecule has 4 rings (SSSR count). The fourth-order valence-electron chi connectivity index (χ4n) is 2.77. The lowest BCUT2D eigenvalue weighted by Crippen LogP contribution is -2.14. The number of nitrogens with zero attached hydrogens (tertiary/aromatic N) is 4. The molecular weight excluding hydrogens is 386 g/mol. The maximum absolute atomic E-state index is 12.5. The zero-order valence-corrected chi connectivity index (χ0v) is 16.8. The minimum Gasteiger partial charge on any atom is -0.455 e. The number of hydrogen-bond donors (Lipinski definition) is 1. The average Bonchev–Trinajstić information content (AvgIpc) is 3.11. The number of aryl methyl sites for hydroxylation is 2. The molecule has 0 fully saturated rings. The summed E-state index contributed by atoms with van der Waals surface area (Å²) in [4.78, 5) is 21.0. The molecule has 0 saturated heterocycles. The fourth-order valence-corrected chi connectivity index (χ4v) is 3.53. The first-order chi connectivity index (χ1) is 14.1. The van der Waals surface area contributed by atoms with Gasteiger partial charge in [-0.05, 0) is 31.2 Å². The number of carbonyl (C=O) groups excluding carboxylic acids is 1. The highest BCUT2D eigenvalue weighted by atomic mass is 32.2. The Morgan fingerprint density at radius 2 is 1.93 bits per heavy atom. The summed E-state index contributed by atoms with van der Waals surface area (Å²) in [6.45, 7) is 2.02. The highest BCUT2D eigenvalue weighted by Gasteiger charge is 2.12. The zero-order chi connectivity index (χ0) is 20.2. The summed E-state index contributed by atoms with van der Waals surface area (Å²) in [5, 5.41) is 8.66. The second-order valence-corrected chi connectivity index (χ2v) is 7.40. The molecule has 2 heterocycles. The minimum absolute atomic E-state index is 0.148. The molecule has 7 nitrogen and oxygen atoms in total. The van der Waals surface area contributed by atoms with Gasteiger partial charge in [0.1, 0.15) is 17.1 Å². The Morgan fingerprint density at radius 3 is 2.76 bits per heavy atom. The van der Waals surface area contributed by atoms with Gasteiger partial charge in [0.25, 0.3) is 0 Å². The summed E-state index contributed by atoms with van der Waals surface area (Å²) in [6, 6.07) is 15.1. The number of rotatable bonds is 6. The Hall–Kier alpha value is -3.39. The molecule has 0 atom stereocenters. The van der Waals surface area contributed by atoms with Crippen molar-refractivity contribution in [2.24, 2.45) is 7.05 Å². The molecule has 0 spiro atoms. The SMILES string of the molecule is Cc1ccc(Oc2ccccc2NC(=O)CSc2ncnc3c2cnn3C)cc1. The van der Waals surface area contributed by atoms with Gasteiger partial charge in [0.2, 0.25) is 5.91 Å². The number of thioether (sulfide) groups is 1. The van der Waals surface area contributed by atoms with Crippen LogP contribution in [0.3, 0.4) is 0 Å². The molecule has 4 aromatic rings. The second-order valence-electron chi connectivity index (χ2n) is 6.43. The Bertz CT molecular complexity index is 1160. The van der Waals surface area contributed by atoms with E-state index in [0.717, 1.165) is 21.6 Å². The maximum Gasteiger partial charge on any atom is 0.234 e. The van der Waals surface area contributed by atoms with Crippen LogP contribution in [0, 0.1) is 6.92 Å². The van der Waals surface area contributed by atoms with Crippen molar-refractivity contribution in [3.8, 4) is 11.5 Å². The van der Waals surface area contributed by atoms with Gasteiger partial charge < -0.3 is 10.1 Å². The van der Waals surface area contributed by atoms with Gasteiger partial charge in [-0.1, -0.05) is 41.6 Å². The summed E-state index contributed by atoms with van der Waals surface area (Å²) >= 11 is 1.34. The molecule has 0 saturated carbocycles. The monoisotopic (exact) mass is 405 g/mol. The van der Waals surface area contributed by atoms with E-state index >= 15 is 0 Å². The van der Waals surface area contributed by atoms with E-state index in [1.54, 1.807) is 10.9 Å². The normalized spacial score (nSPS) is 10.8. The van der Waals surface area contributed by atoms with Crippen molar-refractivity contribution < 1.29 is 9.53 Å². The smallest absolute Gasteiger partial charge is 0.234 e. The van der Waals surface area contributed by atoms with E-state index in [4.69, 9.17) is 4.74 Å². The number of aromatic nitrogens is 4. The van der Waals surface area contributed by atoms with Gasteiger partial charge in [-0.15, -0.1) is 0 Å². The molecule has 0 bridgehead atoms. The van der Waals surface area contributed by atoms with Gasteiger partial charge in [0.15, 0.2) is 11.4 Å². The number of ether oxygens (including phenoxy) is 1. The molecule has 8 heteroatoms. The van der Waals surface area contributed by atoms with Gasteiger partial charge in [-0.25, -0.2) is 9.97 Å². The highest BCUT2D eigenvalue weighted by molar-refractivity contribution is 8.00. The van der Waals surface area contributed by atoms with E-state index in [-0.39, 0.29) is 11.7 Å². The topological polar surface area (TPSA) is 81.9 Å². The van der Waals surface area contributed by atoms with E-state index in [1.807, 2.05) is 62.5 Å². The largest absolute Gasteiger partial charge is 0.455 e. The first-order valence-corrected chi connectivity index (χ1v) is 9.97. The van der Waals surface area contributed by atoms with Crippen molar-refractivity contribution in [2.75, 3.05) is 11.1 Å². The lowest BCUT2D eigenvalue weighted by Gasteiger charge is -2.12. The number of benzene rings is 2. The van der Waals surface area contributed by atoms with E-state index in [9.17, 15) is 4.79 Å². The van der Waals surface area contributed by atoms with Gasteiger partial charge in [-0.3, -0.25) is 9.48 Å². The summed E-state index contributed by atoms with van der Waals surface area (Å²) < 4.78 is 7.62. The molecule has 29 heavy (non-hydrogen) atoms. The van der Waals surface area contributed by atoms with Crippen LogP contribution < -0.4 is 10.1 Å². The predicted octanol–water partition coefficient (Wildman–Crippen LogP) is 4.19. The van der Waals surface area contributed by atoms with Crippen LogP contribution in [0.5, 0.6) is 11.5 Å². The van der Waals surface area contributed by atoms with Crippen LogP contribution in [-0.4, -0.2) is 31.4 Å². The second kappa shape index (κ2) is 8.32. The molecule has 0 unspecified atom stereocenters. The zero-order valence-electron chi connectivity index (χ0n) is 16.0. The van der Waals surface area contributed by atoms with E-state index in [0.29, 0.717) is 17.2 Å². The van der Waals surface area contributed by atoms with Crippen LogP contribution in [0.15, 0.2) is 66.1 Å². The van der Waals surface area contributed by atoms with Crippen molar-refractivity contribution in [2.45, 2.75) is 11.9 Å². The van der Waals surface area contributed by atoms with Crippen molar-refractivity contribution in [3.05, 3.63) is 66.6 Å². The molecular formula is C21H19N5O2S. The van der Waals surface area contributed by atoms with Crippen molar-refractivity contribution >= 4 is 34.4 Å². The molecule has 1 N–H and O–H groups in total. The van der Waals surface area contributed by atoms with Crippen molar-refractivity contribution in [3.63, 3.8) is 0 Å². The number of amides is 1. The Labute approximate surface area is 172 Å². The standard InChI is InChI=1S/C21H19N5O2S/c1-14-7-9-15(10-8-14)28-18-6-4-3-5-17(18)25-19(27)12-29-21-16-11-24-26(2)20(16)22-13-23-21/h3-11,13H,12H2,1-2H3,(H,25,27). The Kier molecular flexibility index (Phi) is 5.44. The highest BCUT2D eigenvalue weighted by Crippen LogP contribution is 2.30. The first-order valence-electron chi connectivity index (χ1n) is 8.99. The summed E-state index contributed by atoms with van der Waals surface area (Å²) in [5.74, 6) is 1.36. The van der Waals surface area contributed by atoms with Crippen LogP contribution in [-0.2, 0) is 11.8 Å². The Balaban J connectivity index is 1.44. The molecule has 1 amide bonds. The summed E-state index contributed by atoms with van der Waals surface area (Å²) in [7, 11) is 1.82. The molecule has 2 aromatic heterocycles. The minimum atomic E-state index is -0.148. The van der Waals surface area contributed by atoms with E-state index < -0.39 is 0 Å². The molecule has 0 aliphatic carbocycles. The third-order valence-corrected chi connectivity index (χ3v) is 5.25. The maximum atomic E-state index is 12.5. The average molecular weight is 405 g/mol. The molecule has 0 aliphatic rings. The summed E-state index contributed by atoms with van der Waals surface area (Å²) in [6.07, 6.45) is 3.19. The van der Waals surface area contributed by atoms with Crippen LogP contribution in [0.4, 0.5) is 5.69 Å². The molecule has 2 aromatic carbocycles. The number of hydrogen-bond acceptors (Lipinski definition) is 6. The van der Waals surface area contributed by atoms with Gasteiger partial charge >= 0.3 is 0 Å². The first kappa shape index (κ1) is 18.9. The molecule has 0 radical (unpaired) electrons. The Morgan fingerprint density at radius 1 is 1.14 bits per heavy atom. The van der Waals surface area contributed by atoms with Crippen molar-refractivity contribution in [1.29, 1.82) is 0 Å². The molecule has 0 aliphatic heterocycles. The van der Waals surface area contributed by atoms with Gasteiger partial charge in [0.05, 0.1) is 23.0 Å². The summed E-state index contributed by atoms with van der Waals surface area (Å²) in [5.41, 5.74) is 2.51. The van der Waals surface area contributed by atoms with Crippen LogP contribution in [0.1, 0.15) is 5.56 Å². The van der Waals surface area contributed by atoms with Gasteiger partial charge in [-0.2, -0.15) is 5.10 Å². The number of carbonyl (C=O) groups is 1. The van der Waals surface area contributed by atoms with Crippen LogP contribution in [0.2, 0.25) is 0 Å². The predicted molar refractivity (Wildman–Crippen MR) is 113 cm³/mol. The fraction of sp³-hybridized carbons (Fsp3) is 0.143. The van der Waals surface area contributed by atoms with Crippen molar-refractivity contribution in [1.82, 2.24) is 19.7 Å². The van der Waals surface area contributed by atoms with Gasteiger partial charge in [0, 0.05) is 7.05 Å². The third-order valence-electron chi connectivity index (χ3n) is 4.24. The number of nitrogens with one attached hydrogen (secondary N) is 1. The quantitative estimate of drug-likeness (QED) is 0.383. The lowest BCUT2D eigenvalue weighted by atomic mass is 10.2. The number of fused-ring (bicyclic) bond motifs is 1.